The number of nitrogens with zero attached hydrogens (tertiary/aromatic N) is 2. The molecule has 5 heteroatoms. The van der Waals surface area contributed by atoms with Crippen LogP contribution in [0.2, 0.25) is 0 Å². The summed E-state index contributed by atoms with van der Waals surface area (Å²) in [5.41, 5.74) is 3.68. The number of hydrogen-bond acceptors (Lipinski definition) is 2. The van der Waals surface area contributed by atoms with Gasteiger partial charge >= 0.3 is 0 Å². The molecule has 0 radical (unpaired) electrons. The van der Waals surface area contributed by atoms with Gasteiger partial charge < -0.3 is 5.32 Å². The van der Waals surface area contributed by atoms with E-state index in [1.807, 2.05) is 45.3 Å². The van der Waals surface area contributed by atoms with Gasteiger partial charge in [0.2, 0.25) is 0 Å². The van der Waals surface area contributed by atoms with Crippen molar-refractivity contribution in [1.29, 1.82) is 0 Å². The van der Waals surface area contributed by atoms with E-state index in [1.54, 1.807) is 4.68 Å². The molecule has 1 aromatic carbocycles. The molecule has 0 aliphatic rings. The molecule has 2 aromatic rings. The number of aromatic nitrogens is 2. The molecule has 1 N–H and O–H groups in total. The van der Waals surface area contributed by atoms with Gasteiger partial charge in [-0.2, -0.15) is 5.10 Å². The lowest BCUT2D eigenvalue weighted by Crippen LogP contribution is -2.23. The summed E-state index contributed by atoms with van der Waals surface area (Å²) in [7, 11) is 1.87. The fraction of sp³-hybridized carbons (Fsp3) is 0.286. The molecular formula is C14H16BrN3O. The number of nitrogens with one attached hydrogen (secondary N) is 1. The summed E-state index contributed by atoms with van der Waals surface area (Å²) < 4.78 is 2.66. The Labute approximate surface area is 120 Å². The van der Waals surface area contributed by atoms with Crippen molar-refractivity contribution >= 4 is 21.8 Å². The van der Waals surface area contributed by atoms with Crippen LogP contribution in [0.3, 0.4) is 0 Å². The van der Waals surface area contributed by atoms with Gasteiger partial charge in [0.05, 0.1) is 5.69 Å². The number of benzene rings is 1. The van der Waals surface area contributed by atoms with Crippen LogP contribution >= 0.6 is 15.9 Å². The van der Waals surface area contributed by atoms with E-state index in [2.05, 4.69) is 26.3 Å². The highest BCUT2D eigenvalue weighted by Crippen LogP contribution is 2.15. The molecule has 1 aromatic heterocycles. The highest BCUT2D eigenvalue weighted by molar-refractivity contribution is 9.10. The van der Waals surface area contributed by atoms with Gasteiger partial charge in [-0.25, -0.2) is 0 Å². The van der Waals surface area contributed by atoms with Crippen molar-refractivity contribution in [1.82, 2.24) is 15.1 Å². The number of aryl methyl sites for hydroxylation is 3. The standard InChI is InChI=1S/C14H16BrN3O/c1-9-4-11(6-13(15)5-9)14(19)16-7-12-8-18(3)17-10(12)2/h4-6,8H,7H2,1-3H3,(H,16,19). The van der Waals surface area contributed by atoms with Gasteiger partial charge in [-0.3, -0.25) is 9.48 Å². The van der Waals surface area contributed by atoms with E-state index in [1.165, 1.54) is 0 Å². The van der Waals surface area contributed by atoms with Crippen molar-refractivity contribution in [3.63, 3.8) is 0 Å². The van der Waals surface area contributed by atoms with E-state index >= 15 is 0 Å². The highest BCUT2D eigenvalue weighted by Gasteiger charge is 2.09. The van der Waals surface area contributed by atoms with Crippen LogP contribution in [0.1, 0.15) is 27.2 Å². The van der Waals surface area contributed by atoms with Crippen molar-refractivity contribution in [2.24, 2.45) is 7.05 Å². The molecule has 0 spiro atoms. The van der Waals surface area contributed by atoms with Crippen LogP contribution in [0.5, 0.6) is 0 Å². The zero-order valence-electron chi connectivity index (χ0n) is 11.2. The average molecular weight is 322 g/mol. The van der Waals surface area contributed by atoms with Gasteiger partial charge in [0.1, 0.15) is 0 Å². The van der Waals surface area contributed by atoms with Gasteiger partial charge in [-0.05, 0) is 37.6 Å². The lowest BCUT2D eigenvalue weighted by Gasteiger charge is -2.06. The van der Waals surface area contributed by atoms with Crippen molar-refractivity contribution in [2.75, 3.05) is 0 Å². The van der Waals surface area contributed by atoms with Gasteiger partial charge in [0.15, 0.2) is 0 Å². The summed E-state index contributed by atoms with van der Waals surface area (Å²) in [4.78, 5) is 12.1. The predicted octanol–water partition coefficient (Wildman–Crippen LogP) is 2.73. The van der Waals surface area contributed by atoms with Gasteiger partial charge in [0, 0.05) is 35.4 Å². The lowest BCUT2D eigenvalue weighted by molar-refractivity contribution is 0.0950. The smallest absolute Gasteiger partial charge is 0.251 e. The molecule has 2 rings (SSSR count). The quantitative estimate of drug-likeness (QED) is 0.944. The van der Waals surface area contributed by atoms with Crippen LogP contribution < -0.4 is 5.32 Å². The molecular weight excluding hydrogens is 306 g/mol. The number of rotatable bonds is 3. The van der Waals surface area contributed by atoms with Gasteiger partial charge in [0.25, 0.3) is 5.91 Å². The van der Waals surface area contributed by atoms with E-state index in [-0.39, 0.29) is 5.91 Å². The largest absolute Gasteiger partial charge is 0.348 e. The molecule has 0 aliphatic heterocycles. The number of halogens is 1. The van der Waals surface area contributed by atoms with Crippen LogP contribution in [-0.4, -0.2) is 15.7 Å². The Morgan fingerprint density at radius 3 is 2.68 bits per heavy atom. The van der Waals surface area contributed by atoms with Crippen LogP contribution in [0.4, 0.5) is 0 Å². The maximum absolute atomic E-state index is 12.1. The second-order valence-corrected chi connectivity index (χ2v) is 5.53. The SMILES string of the molecule is Cc1cc(Br)cc(C(=O)NCc2cn(C)nc2C)c1. The Morgan fingerprint density at radius 1 is 1.37 bits per heavy atom. The van der Waals surface area contributed by atoms with Crippen LogP contribution in [0.15, 0.2) is 28.9 Å². The van der Waals surface area contributed by atoms with Gasteiger partial charge in [-0.15, -0.1) is 0 Å². The minimum Gasteiger partial charge on any atom is -0.348 e. The molecule has 100 valence electrons. The van der Waals surface area contributed by atoms with Crippen LogP contribution in [-0.2, 0) is 13.6 Å². The first-order valence-corrected chi connectivity index (χ1v) is 6.79. The number of carbonyl (C=O) groups excluding carboxylic acids is 1. The van der Waals surface area contributed by atoms with Gasteiger partial charge in [-0.1, -0.05) is 15.9 Å². The van der Waals surface area contributed by atoms with Crippen LogP contribution in [0.25, 0.3) is 0 Å². The molecule has 0 atom stereocenters. The van der Waals surface area contributed by atoms with Crippen molar-refractivity contribution < 1.29 is 4.79 Å². The monoisotopic (exact) mass is 321 g/mol. The molecule has 0 saturated heterocycles. The maximum atomic E-state index is 12.1. The number of amides is 1. The first-order chi connectivity index (χ1) is 8.95. The van der Waals surface area contributed by atoms with E-state index < -0.39 is 0 Å². The first-order valence-electron chi connectivity index (χ1n) is 6.00. The van der Waals surface area contributed by atoms with Crippen molar-refractivity contribution in [3.8, 4) is 0 Å². The van der Waals surface area contributed by atoms with E-state index in [4.69, 9.17) is 0 Å². The zero-order valence-corrected chi connectivity index (χ0v) is 12.8. The Bertz CT molecular complexity index is 599. The fourth-order valence-corrected chi connectivity index (χ4v) is 2.57. The summed E-state index contributed by atoms with van der Waals surface area (Å²) in [5, 5.41) is 7.16. The van der Waals surface area contributed by atoms with Crippen molar-refractivity contribution in [3.05, 3.63) is 51.3 Å². The Balaban J connectivity index is 2.07. The molecule has 4 nitrogen and oxygen atoms in total. The Kier molecular flexibility index (Phi) is 4.04. The van der Waals surface area contributed by atoms with Crippen molar-refractivity contribution in [2.45, 2.75) is 20.4 Å². The summed E-state index contributed by atoms with van der Waals surface area (Å²) in [6.07, 6.45) is 1.92. The third-order valence-corrected chi connectivity index (χ3v) is 3.32. The number of carbonyl (C=O) groups is 1. The maximum Gasteiger partial charge on any atom is 0.251 e. The second-order valence-electron chi connectivity index (χ2n) is 4.61. The van der Waals surface area contributed by atoms with E-state index in [0.717, 1.165) is 21.3 Å². The molecule has 1 amide bonds. The molecule has 0 aliphatic carbocycles. The predicted molar refractivity (Wildman–Crippen MR) is 78.0 cm³/mol. The van der Waals surface area contributed by atoms with Crippen LogP contribution in [0, 0.1) is 13.8 Å². The van der Waals surface area contributed by atoms with E-state index in [9.17, 15) is 4.79 Å². The summed E-state index contributed by atoms with van der Waals surface area (Å²) in [6, 6.07) is 5.66. The molecule has 0 bridgehead atoms. The zero-order chi connectivity index (χ0) is 14.0. The Hall–Kier alpha value is -1.62. The minimum atomic E-state index is -0.0762. The topological polar surface area (TPSA) is 46.9 Å². The summed E-state index contributed by atoms with van der Waals surface area (Å²) in [5.74, 6) is -0.0762. The summed E-state index contributed by atoms with van der Waals surface area (Å²) in [6.45, 7) is 4.39. The fourth-order valence-electron chi connectivity index (χ4n) is 1.97. The molecule has 0 saturated carbocycles. The second kappa shape index (κ2) is 5.57. The molecule has 1 heterocycles. The summed E-state index contributed by atoms with van der Waals surface area (Å²) >= 11 is 3.40. The molecule has 19 heavy (non-hydrogen) atoms. The lowest BCUT2D eigenvalue weighted by atomic mass is 10.1. The normalized spacial score (nSPS) is 10.5. The molecule has 0 unspecified atom stereocenters. The van der Waals surface area contributed by atoms with E-state index in [0.29, 0.717) is 12.1 Å². The minimum absolute atomic E-state index is 0.0762. The third kappa shape index (κ3) is 3.44. The highest BCUT2D eigenvalue weighted by atomic mass is 79.9. The first kappa shape index (κ1) is 13.8. The third-order valence-electron chi connectivity index (χ3n) is 2.86. The Morgan fingerprint density at radius 2 is 2.11 bits per heavy atom. The molecule has 0 fully saturated rings. The number of hydrogen-bond donors (Lipinski definition) is 1. The average Bonchev–Trinajstić information content (AvgIpc) is 2.63.